The Bertz CT molecular complexity index is 574. The van der Waals surface area contributed by atoms with E-state index in [0.717, 1.165) is 29.8 Å². The third-order valence-corrected chi connectivity index (χ3v) is 3.87. The average molecular weight is 242 g/mol. The zero-order chi connectivity index (χ0) is 12.7. The summed E-state index contributed by atoms with van der Waals surface area (Å²) in [6, 6.07) is 8.55. The zero-order valence-corrected chi connectivity index (χ0v) is 10.8. The Balaban J connectivity index is 1.95. The minimum atomic E-state index is -0.391. The molecule has 1 aromatic heterocycles. The van der Waals surface area contributed by atoms with Gasteiger partial charge in [0.05, 0.1) is 11.8 Å². The molecule has 2 aromatic rings. The molecule has 0 aliphatic heterocycles. The molecule has 1 heterocycles. The molecule has 18 heavy (non-hydrogen) atoms. The SMILES string of the molecule is Cc1cccc(C2Cc3n[nH]c(C)c3C(O)C2)c1. The molecule has 0 bridgehead atoms. The van der Waals surface area contributed by atoms with Gasteiger partial charge in [-0.05, 0) is 38.2 Å². The molecule has 2 N–H and O–H groups in total. The van der Waals surface area contributed by atoms with E-state index in [9.17, 15) is 5.11 Å². The predicted molar refractivity (Wildman–Crippen MR) is 70.5 cm³/mol. The number of aromatic nitrogens is 2. The van der Waals surface area contributed by atoms with Crippen LogP contribution in [0.5, 0.6) is 0 Å². The lowest BCUT2D eigenvalue weighted by molar-refractivity contribution is 0.147. The van der Waals surface area contributed by atoms with E-state index in [0.29, 0.717) is 5.92 Å². The van der Waals surface area contributed by atoms with Gasteiger partial charge in [0.2, 0.25) is 0 Å². The van der Waals surface area contributed by atoms with Crippen LogP contribution in [-0.2, 0) is 6.42 Å². The van der Waals surface area contributed by atoms with E-state index >= 15 is 0 Å². The molecule has 0 saturated heterocycles. The average Bonchev–Trinajstić information content (AvgIpc) is 2.71. The minimum absolute atomic E-state index is 0.370. The predicted octanol–water partition coefficient (Wildman–Crippen LogP) is 2.79. The van der Waals surface area contributed by atoms with Crippen molar-refractivity contribution >= 4 is 0 Å². The van der Waals surface area contributed by atoms with Crippen LogP contribution in [0, 0.1) is 13.8 Å². The van der Waals surface area contributed by atoms with Crippen LogP contribution in [0.25, 0.3) is 0 Å². The maximum absolute atomic E-state index is 10.3. The van der Waals surface area contributed by atoms with Gasteiger partial charge in [0.25, 0.3) is 0 Å². The van der Waals surface area contributed by atoms with Crippen molar-refractivity contribution in [2.45, 2.75) is 38.7 Å². The molecule has 3 nitrogen and oxygen atoms in total. The second-order valence-electron chi connectivity index (χ2n) is 5.28. The Kier molecular flexibility index (Phi) is 2.71. The molecule has 0 amide bonds. The molecular weight excluding hydrogens is 224 g/mol. The van der Waals surface area contributed by atoms with Gasteiger partial charge in [0, 0.05) is 11.3 Å². The van der Waals surface area contributed by atoms with Crippen LogP contribution >= 0.6 is 0 Å². The highest BCUT2D eigenvalue weighted by atomic mass is 16.3. The topological polar surface area (TPSA) is 48.9 Å². The van der Waals surface area contributed by atoms with Gasteiger partial charge in [0.15, 0.2) is 0 Å². The fourth-order valence-electron chi connectivity index (χ4n) is 2.97. The summed E-state index contributed by atoms with van der Waals surface area (Å²) in [6.07, 6.45) is 1.31. The molecule has 1 aliphatic rings. The molecule has 3 rings (SSSR count). The number of hydrogen-bond acceptors (Lipinski definition) is 2. The van der Waals surface area contributed by atoms with Gasteiger partial charge in [0.1, 0.15) is 0 Å². The maximum Gasteiger partial charge on any atom is 0.0831 e. The Hall–Kier alpha value is -1.61. The first-order valence-corrected chi connectivity index (χ1v) is 6.43. The van der Waals surface area contributed by atoms with Crippen LogP contribution in [0.4, 0.5) is 0 Å². The normalized spacial score (nSPS) is 22.8. The minimum Gasteiger partial charge on any atom is -0.388 e. The third-order valence-electron chi connectivity index (χ3n) is 3.87. The summed E-state index contributed by atoms with van der Waals surface area (Å²) >= 11 is 0. The summed E-state index contributed by atoms with van der Waals surface area (Å²) in [4.78, 5) is 0. The summed E-state index contributed by atoms with van der Waals surface area (Å²) in [6.45, 7) is 4.08. The highest BCUT2D eigenvalue weighted by Crippen LogP contribution is 2.39. The molecule has 2 atom stereocenters. The summed E-state index contributed by atoms with van der Waals surface area (Å²) in [5.74, 6) is 0.370. The van der Waals surface area contributed by atoms with Gasteiger partial charge >= 0.3 is 0 Å². The molecule has 1 aromatic carbocycles. The summed E-state index contributed by atoms with van der Waals surface area (Å²) < 4.78 is 0. The fraction of sp³-hybridized carbons (Fsp3) is 0.400. The zero-order valence-electron chi connectivity index (χ0n) is 10.8. The van der Waals surface area contributed by atoms with Crippen molar-refractivity contribution in [2.24, 2.45) is 0 Å². The van der Waals surface area contributed by atoms with E-state index in [-0.39, 0.29) is 0 Å². The summed E-state index contributed by atoms with van der Waals surface area (Å²) in [5, 5.41) is 17.6. The number of aryl methyl sites for hydroxylation is 2. The quantitative estimate of drug-likeness (QED) is 0.807. The number of aliphatic hydroxyl groups excluding tert-OH is 1. The van der Waals surface area contributed by atoms with E-state index in [2.05, 4.69) is 41.4 Å². The number of nitrogens with zero attached hydrogens (tertiary/aromatic N) is 1. The molecule has 94 valence electrons. The molecule has 0 radical (unpaired) electrons. The second kappa shape index (κ2) is 4.25. The molecular formula is C15H18N2O. The van der Waals surface area contributed by atoms with Crippen molar-refractivity contribution in [3.05, 3.63) is 52.3 Å². The monoisotopic (exact) mass is 242 g/mol. The number of H-pyrrole nitrogens is 1. The number of aliphatic hydroxyl groups is 1. The van der Waals surface area contributed by atoms with Crippen LogP contribution in [0.2, 0.25) is 0 Å². The van der Waals surface area contributed by atoms with Gasteiger partial charge < -0.3 is 5.11 Å². The number of fused-ring (bicyclic) bond motifs is 1. The van der Waals surface area contributed by atoms with Gasteiger partial charge in [-0.15, -0.1) is 0 Å². The highest BCUT2D eigenvalue weighted by molar-refractivity contribution is 5.35. The lowest BCUT2D eigenvalue weighted by Crippen LogP contribution is -2.17. The van der Waals surface area contributed by atoms with Gasteiger partial charge in [-0.1, -0.05) is 29.8 Å². The molecule has 1 aliphatic carbocycles. The Labute approximate surface area is 107 Å². The highest BCUT2D eigenvalue weighted by Gasteiger charge is 2.30. The first-order valence-electron chi connectivity index (χ1n) is 6.43. The number of hydrogen-bond donors (Lipinski definition) is 2. The van der Waals surface area contributed by atoms with Crippen molar-refractivity contribution in [1.82, 2.24) is 10.2 Å². The molecule has 0 saturated carbocycles. The van der Waals surface area contributed by atoms with Crippen LogP contribution in [0.3, 0.4) is 0 Å². The van der Waals surface area contributed by atoms with Crippen LogP contribution in [0.15, 0.2) is 24.3 Å². The lowest BCUT2D eigenvalue weighted by Gasteiger charge is -2.26. The maximum atomic E-state index is 10.3. The van der Waals surface area contributed by atoms with E-state index in [1.54, 1.807) is 0 Å². The van der Waals surface area contributed by atoms with Gasteiger partial charge in [-0.25, -0.2) is 0 Å². The van der Waals surface area contributed by atoms with Crippen LogP contribution in [-0.4, -0.2) is 15.3 Å². The smallest absolute Gasteiger partial charge is 0.0831 e. The largest absolute Gasteiger partial charge is 0.388 e. The third kappa shape index (κ3) is 1.85. The van der Waals surface area contributed by atoms with Crippen molar-refractivity contribution in [2.75, 3.05) is 0 Å². The molecule has 0 spiro atoms. The number of benzene rings is 1. The first kappa shape index (κ1) is 11.5. The second-order valence-corrected chi connectivity index (χ2v) is 5.28. The molecule has 3 heteroatoms. The van der Waals surface area contributed by atoms with E-state index in [4.69, 9.17) is 0 Å². The lowest BCUT2D eigenvalue weighted by atomic mass is 9.80. The van der Waals surface area contributed by atoms with Crippen molar-refractivity contribution < 1.29 is 5.11 Å². The number of aromatic amines is 1. The standard InChI is InChI=1S/C15H18N2O/c1-9-4-3-5-11(6-9)12-7-13-15(14(18)8-12)10(2)16-17-13/h3-6,12,14,18H,7-8H2,1-2H3,(H,16,17). The number of rotatable bonds is 1. The van der Waals surface area contributed by atoms with E-state index in [1.807, 2.05) is 6.92 Å². The van der Waals surface area contributed by atoms with E-state index in [1.165, 1.54) is 11.1 Å². The Morgan fingerprint density at radius 2 is 2.17 bits per heavy atom. The van der Waals surface area contributed by atoms with Crippen LogP contribution < -0.4 is 0 Å². The Morgan fingerprint density at radius 3 is 2.94 bits per heavy atom. The first-order chi connectivity index (χ1) is 8.65. The number of nitrogens with one attached hydrogen (secondary N) is 1. The van der Waals surface area contributed by atoms with Crippen molar-refractivity contribution in [1.29, 1.82) is 0 Å². The van der Waals surface area contributed by atoms with Crippen molar-refractivity contribution in [3.63, 3.8) is 0 Å². The Morgan fingerprint density at radius 1 is 1.33 bits per heavy atom. The van der Waals surface area contributed by atoms with Crippen LogP contribution in [0.1, 0.15) is 46.5 Å². The van der Waals surface area contributed by atoms with Gasteiger partial charge in [-0.2, -0.15) is 5.10 Å². The van der Waals surface area contributed by atoms with Crippen molar-refractivity contribution in [3.8, 4) is 0 Å². The summed E-state index contributed by atoms with van der Waals surface area (Å²) in [7, 11) is 0. The fourth-order valence-corrected chi connectivity index (χ4v) is 2.97. The van der Waals surface area contributed by atoms with Gasteiger partial charge in [-0.3, -0.25) is 5.10 Å². The summed E-state index contributed by atoms with van der Waals surface area (Å²) in [5.41, 5.74) is 5.61. The van der Waals surface area contributed by atoms with E-state index < -0.39 is 6.10 Å². The molecule has 0 fully saturated rings. The molecule has 2 unspecified atom stereocenters.